The van der Waals surface area contributed by atoms with Crippen LogP contribution in [0.25, 0.3) is 0 Å². The predicted molar refractivity (Wildman–Crippen MR) is 91.4 cm³/mol. The monoisotopic (exact) mass is 306 g/mol. The molecular weight excluding hydrogens is 276 g/mol. The fraction of sp³-hybridized carbons (Fsp3) is 0.611. The summed E-state index contributed by atoms with van der Waals surface area (Å²) in [4.78, 5) is 14.4. The number of carbonyl (C=O) groups is 1. The van der Waals surface area contributed by atoms with Gasteiger partial charge in [-0.3, -0.25) is 4.79 Å². The molecule has 0 radical (unpaired) electrons. The van der Waals surface area contributed by atoms with Gasteiger partial charge in [-0.2, -0.15) is 0 Å². The maximum atomic E-state index is 12.3. The van der Waals surface area contributed by atoms with Crippen LogP contribution in [0.1, 0.15) is 38.7 Å². The molecule has 0 fully saturated rings. The summed E-state index contributed by atoms with van der Waals surface area (Å²) in [7, 11) is 5.76. The molecule has 0 heterocycles. The average Bonchev–Trinajstić information content (AvgIpc) is 2.51. The third-order valence-corrected chi connectivity index (χ3v) is 4.19. The first-order valence-electron chi connectivity index (χ1n) is 7.98. The third-order valence-electron chi connectivity index (χ3n) is 4.19. The highest BCUT2D eigenvalue weighted by Crippen LogP contribution is 2.37. The minimum absolute atomic E-state index is 0.106. The average molecular weight is 306 g/mol. The molecule has 0 spiro atoms. The number of nitrogens with zero attached hydrogens (tertiary/aromatic N) is 1. The zero-order valence-electron chi connectivity index (χ0n) is 14.6. The van der Waals surface area contributed by atoms with E-state index in [0.717, 1.165) is 37.2 Å². The normalized spacial score (nSPS) is 13.7. The highest BCUT2D eigenvalue weighted by Gasteiger charge is 2.30. The van der Waals surface area contributed by atoms with Gasteiger partial charge in [0.25, 0.3) is 0 Å². The van der Waals surface area contributed by atoms with Crippen molar-refractivity contribution in [2.24, 2.45) is 0 Å². The number of benzene rings is 1. The molecule has 0 aliphatic rings. The van der Waals surface area contributed by atoms with Gasteiger partial charge in [0.2, 0.25) is 5.91 Å². The second kappa shape index (κ2) is 8.79. The topological polar surface area (TPSA) is 41.6 Å². The molecule has 1 N–H and O–H groups in total. The number of hydrogen-bond acceptors (Lipinski definition) is 3. The van der Waals surface area contributed by atoms with Crippen molar-refractivity contribution in [3.05, 3.63) is 29.8 Å². The van der Waals surface area contributed by atoms with E-state index in [9.17, 15) is 4.79 Å². The number of para-hydroxylation sites is 1. The van der Waals surface area contributed by atoms with E-state index in [1.807, 2.05) is 32.3 Å². The van der Waals surface area contributed by atoms with E-state index in [4.69, 9.17) is 4.74 Å². The van der Waals surface area contributed by atoms with E-state index >= 15 is 0 Å². The number of nitrogens with one attached hydrogen (secondary N) is 1. The Kier molecular flexibility index (Phi) is 7.39. The first kappa shape index (κ1) is 18.5. The lowest BCUT2D eigenvalue weighted by molar-refractivity contribution is -0.122. The standard InChI is InChI=1S/C18H30N2O2/c1-6-18(2,15-10-7-8-11-16(15)22-5)14-17(21)19-12-9-13-20(3)4/h7-8,10-11H,6,9,12-14H2,1-5H3,(H,19,21)/t18-/m1/s1. The molecule has 4 heteroatoms. The first-order chi connectivity index (χ1) is 10.4. The van der Waals surface area contributed by atoms with Crippen LogP contribution in [0.15, 0.2) is 24.3 Å². The van der Waals surface area contributed by atoms with Crippen LogP contribution in [0.4, 0.5) is 0 Å². The molecule has 4 nitrogen and oxygen atoms in total. The summed E-state index contributed by atoms with van der Waals surface area (Å²) in [6.07, 6.45) is 2.33. The van der Waals surface area contributed by atoms with Crippen molar-refractivity contribution < 1.29 is 9.53 Å². The lowest BCUT2D eigenvalue weighted by Gasteiger charge is -2.29. The van der Waals surface area contributed by atoms with Gasteiger partial charge in [-0.1, -0.05) is 32.0 Å². The third kappa shape index (κ3) is 5.34. The Balaban J connectivity index is 2.68. The number of carbonyl (C=O) groups excluding carboxylic acids is 1. The summed E-state index contributed by atoms with van der Waals surface area (Å²) in [5.74, 6) is 0.960. The molecule has 22 heavy (non-hydrogen) atoms. The summed E-state index contributed by atoms with van der Waals surface area (Å²) in [5.41, 5.74) is 0.890. The van der Waals surface area contributed by atoms with Crippen molar-refractivity contribution in [3.63, 3.8) is 0 Å². The highest BCUT2D eigenvalue weighted by atomic mass is 16.5. The largest absolute Gasteiger partial charge is 0.496 e. The quantitative estimate of drug-likeness (QED) is 0.713. The van der Waals surface area contributed by atoms with Crippen LogP contribution in [0.3, 0.4) is 0 Å². The second-order valence-corrected chi connectivity index (χ2v) is 6.30. The lowest BCUT2D eigenvalue weighted by atomic mass is 9.76. The Morgan fingerprint density at radius 1 is 1.32 bits per heavy atom. The molecule has 1 aromatic rings. The molecule has 0 aromatic heterocycles. The number of ether oxygens (including phenoxy) is 1. The fourth-order valence-corrected chi connectivity index (χ4v) is 2.59. The highest BCUT2D eigenvalue weighted by molar-refractivity contribution is 5.77. The molecular formula is C18H30N2O2. The van der Waals surface area contributed by atoms with E-state index in [1.165, 1.54) is 0 Å². The smallest absolute Gasteiger partial charge is 0.220 e. The zero-order valence-corrected chi connectivity index (χ0v) is 14.6. The van der Waals surface area contributed by atoms with Gasteiger partial charge in [-0.25, -0.2) is 0 Å². The van der Waals surface area contributed by atoms with Crippen LogP contribution in [-0.2, 0) is 10.2 Å². The number of hydrogen-bond donors (Lipinski definition) is 1. The van der Waals surface area contributed by atoms with E-state index in [1.54, 1.807) is 7.11 Å². The molecule has 0 unspecified atom stereocenters. The maximum absolute atomic E-state index is 12.3. The van der Waals surface area contributed by atoms with Crippen LogP contribution >= 0.6 is 0 Å². The van der Waals surface area contributed by atoms with Gasteiger partial charge in [-0.15, -0.1) is 0 Å². The molecule has 1 atom stereocenters. The van der Waals surface area contributed by atoms with Gasteiger partial charge < -0.3 is 15.0 Å². The van der Waals surface area contributed by atoms with E-state index in [-0.39, 0.29) is 11.3 Å². The first-order valence-corrected chi connectivity index (χ1v) is 7.98. The molecule has 0 aliphatic heterocycles. The SMILES string of the molecule is CC[C@](C)(CC(=O)NCCCN(C)C)c1ccccc1OC. The maximum Gasteiger partial charge on any atom is 0.220 e. The molecule has 0 saturated carbocycles. The van der Waals surface area contributed by atoms with E-state index in [2.05, 4.69) is 30.1 Å². The Morgan fingerprint density at radius 3 is 2.59 bits per heavy atom. The van der Waals surface area contributed by atoms with Crippen molar-refractivity contribution in [3.8, 4) is 5.75 Å². The van der Waals surface area contributed by atoms with Gasteiger partial charge in [0.1, 0.15) is 5.75 Å². The minimum atomic E-state index is -0.210. The molecule has 0 bridgehead atoms. The van der Waals surface area contributed by atoms with Crippen LogP contribution in [0, 0.1) is 0 Å². The molecule has 124 valence electrons. The Hall–Kier alpha value is -1.55. The number of methoxy groups -OCH3 is 1. The molecule has 1 amide bonds. The summed E-state index contributed by atoms with van der Waals surface area (Å²) < 4.78 is 5.46. The van der Waals surface area contributed by atoms with Crippen molar-refractivity contribution in [1.82, 2.24) is 10.2 Å². The lowest BCUT2D eigenvalue weighted by Crippen LogP contribution is -2.34. The Morgan fingerprint density at radius 2 is 2.00 bits per heavy atom. The van der Waals surface area contributed by atoms with Crippen molar-refractivity contribution in [2.75, 3.05) is 34.3 Å². The van der Waals surface area contributed by atoms with E-state index in [0.29, 0.717) is 6.42 Å². The molecule has 0 aliphatic carbocycles. The minimum Gasteiger partial charge on any atom is -0.496 e. The zero-order chi connectivity index (χ0) is 16.6. The summed E-state index contributed by atoms with van der Waals surface area (Å²) in [5, 5.41) is 3.03. The van der Waals surface area contributed by atoms with Gasteiger partial charge >= 0.3 is 0 Å². The summed E-state index contributed by atoms with van der Waals surface area (Å²) in [6, 6.07) is 7.97. The van der Waals surface area contributed by atoms with E-state index < -0.39 is 0 Å². The second-order valence-electron chi connectivity index (χ2n) is 6.30. The Labute approximate surface area is 134 Å². The summed E-state index contributed by atoms with van der Waals surface area (Å²) >= 11 is 0. The fourth-order valence-electron chi connectivity index (χ4n) is 2.59. The van der Waals surface area contributed by atoms with Crippen LogP contribution in [0.2, 0.25) is 0 Å². The number of amides is 1. The van der Waals surface area contributed by atoms with Crippen molar-refractivity contribution >= 4 is 5.91 Å². The summed E-state index contributed by atoms with van der Waals surface area (Å²) in [6.45, 7) is 5.95. The van der Waals surface area contributed by atoms with Crippen molar-refractivity contribution in [2.45, 2.75) is 38.5 Å². The van der Waals surface area contributed by atoms with Crippen molar-refractivity contribution in [1.29, 1.82) is 0 Å². The van der Waals surface area contributed by atoms with Gasteiger partial charge in [-0.05, 0) is 39.5 Å². The van der Waals surface area contributed by atoms with Crippen LogP contribution in [-0.4, -0.2) is 45.1 Å². The molecule has 0 saturated heterocycles. The van der Waals surface area contributed by atoms with Crippen LogP contribution in [0.5, 0.6) is 5.75 Å². The Bertz CT molecular complexity index is 474. The van der Waals surface area contributed by atoms with Gasteiger partial charge in [0.05, 0.1) is 7.11 Å². The molecule has 1 rings (SSSR count). The molecule has 1 aromatic carbocycles. The predicted octanol–water partition coefficient (Wildman–Crippen LogP) is 2.82. The van der Waals surface area contributed by atoms with Crippen LogP contribution < -0.4 is 10.1 Å². The van der Waals surface area contributed by atoms with Gasteiger partial charge in [0, 0.05) is 23.9 Å². The van der Waals surface area contributed by atoms with Gasteiger partial charge in [0.15, 0.2) is 0 Å². The number of rotatable bonds is 9.